The summed E-state index contributed by atoms with van der Waals surface area (Å²) in [5.41, 5.74) is 1.57. The Labute approximate surface area is 146 Å². The van der Waals surface area contributed by atoms with E-state index in [-0.39, 0.29) is 10.6 Å². The van der Waals surface area contributed by atoms with Gasteiger partial charge in [0.15, 0.2) is 18.1 Å². The number of nitrogens with zero attached hydrogens (tertiary/aromatic N) is 1. The van der Waals surface area contributed by atoms with Gasteiger partial charge in [-0.05, 0) is 43.3 Å². The highest BCUT2D eigenvalue weighted by Gasteiger charge is 2.20. The van der Waals surface area contributed by atoms with E-state index in [0.29, 0.717) is 16.8 Å². The van der Waals surface area contributed by atoms with E-state index in [2.05, 4.69) is 10.3 Å². The lowest BCUT2D eigenvalue weighted by atomic mass is 10.2. The van der Waals surface area contributed by atoms with Crippen molar-refractivity contribution in [2.24, 2.45) is 0 Å². The predicted octanol–water partition coefficient (Wildman–Crippen LogP) is 3.80. The fourth-order valence-electron chi connectivity index (χ4n) is 2.08. The van der Waals surface area contributed by atoms with Crippen molar-refractivity contribution in [2.45, 2.75) is 13.0 Å². The highest BCUT2D eigenvalue weighted by atomic mass is 35.5. The first-order valence-electron chi connectivity index (χ1n) is 7.24. The van der Waals surface area contributed by atoms with Gasteiger partial charge in [0, 0.05) is 5.69 Å². The molecule has 0 aliphatic carbocycles. The average molecular weight is 363 g/mol. The van der Waals surface area contributed by atoms with Crippen LogP contribution in [0.15, 0.2) is 47.2 Å². The summed E-state index contributed by atoms with van der Waals surface area (Å²) in [5, 5.41) is 2.37. The van der Waals surface area contributed by atoms with Crippen LogP contribution in [-0.2, 0) is 9.53 Å². The van der Waals surface area contributed by atoms with Crippen LogP contribution in [0, 0.1) is 5.82 Å². The van der Waals surface area contributed by atoms with Gasteiger partial charge in [-0.3, -0.25) is 4.79 Å². The zero-order chi connectivity index (χ0) is 18.0. The molecule has 1 unspecified atom stereocenters. The predicted molar refractivity (Wildman–Crippen MR) is 88.9 cm³/mol. The van der Waals surface area contributed by atoms with Crippen molar-refractivity contribution >= 4 is 40.3 Å². The summed E-state index contributed by atoms with van der Waals surface area (Å²) < 4.78 is 23.4. The van der Waals surface area contributed by atoms with Crippen LogP contribution < -0.4 is 5.32 Å². The fourth-order valence-corrected chi connectivity index (χ4v) is 2.26. The van der Waals surface area contributed by atoms with Crippen molar-refractivity contribution in [3.05, 3.63) is 59.2 Å². The van der Waals surface area contributed by atoms with Gasteiger partial charge in [0.2, 0.25) is 0 Å². The van der Waals surface area contributed by atoms with Crippen LogP contribution in [-0.4, -0.2) is 23.0 Å². The number of fused-ring (bicyclic) bond motifs is 1. The summed E-state index contributed by atoms with van der Waals surface area (Å²) >= 11 is 5.65. The molecule has 3 rings (SSSR count). The van der Waals surface area contributed by atoms with Crippen LogP contribution in [0.3, 0.4) is 0 Å². The number of benzene rings is 2. The highest BCUT2D eigenvalue weighted by molar-refractivity contribution is 6.31. The number of oxazole rings is 1. The first kappa shape index (κ1) is 16.9. The van der Waals surface area contributed by atoms with Gasteiger partial charge in [-0.25, -0.2) is 14.2 Å². The molecule has 6 nitrogen and oxygen atoms in total. The molecule has 1 amide bonds. The molecule has 8 heteroatoms. The number of esters is 1. The Morgan fingerprint density at radius 1 is 1.28 bits per heavy atom. The molecule has 0 aliphatic rings. The SMILES string of the molecule is CC(OC(=O)c1ccc2ncoc2c1)C(=O)Nc1ccc(F)c(Cl)c1. The third-order valence-corrected chi connectivity index (χ3v) is 3.70. The first-order chi connectivity index (χ1) is 11.9. The van der Waals surface area contributed by atoms with E-state index < -0.39 is 23.8 Å². The van der Waals surface area contributed by atoms with Crippen LogP contribution in [0.4, 0.5) is 10.1 Å². The molecule has 3 aromatic rings. The van der Waals surface area contributed by atoms with E-state index in [1.54, 1.807) is 6.07 Å². The fraction of sp³-hybridized carbons (Fsp3) is 0.118. The van der Waals surface area contributed by atoms with Gasteiger partial charge in [-0.1, -0.05) is 11.6 Å². The van der Waals surface area contributed by atoms with Crippen molar-refractivity contribution in [1.82, 2.24) is 4.98 Å². The summed E-state index contributed by atoms with van der Waals surface area (Å²) in [6.07, 6.45) is 0.200. The zero-order valence-electron chi connectivity index (χ0n) is 13.0. The van der Waals surface area contributed by atoms with Crippen molar-refractivity contribution in [1.29, 1.82) is 0 Å². The zero-order valence-corrected chi connectivity index (χ0v) is 13.7. The van der Waals surface area contributed by atoms with E-state index in [9.17, 15) is 14.0 Å². The second-order valence-electron chi connectivity index (χ2n) is 5.20. The molecular weight excluding hydrogens is 351 g/mol. The summed E-state index contributed by atoms with van der Waals surface area (Å²) in [7, 11) is 0. The lowest BCUT2D eigenvalue weighted by Crippen LogP contribution is -2.30. The summed E-state index contributed by atoms with van der Waals surface area (Å²) in [5.74, 6) is -1.85. The molecule has 1 N–H and O–H groups in total. The number of anilines is 1. The van der Waals surface area contributed by atoms with Crippen molar-refractivity contribution in [2.75, 3.05) is 5.32 Å². The Bertz CT molecular complexity index is 957. The number of ether oxygens (including phenoxy) is 1. The molecule has 25 heavy (non-hydrogen) atoms. The number of carbonyl (C=O) groups is 2. The molecular formula is C17H12ClFN2O4. The molecule has 0 radical (unpaired) electrons. The second-order valence-corrected chi connectivity index (χ2v) is 5.61. The van der Waals surface area contributed by atoms with Crippen molar-refractivity contribution in [3.8, 4) is 0 Å². The minimum atomic E-state index is -1.07. The summed E-state index contributed by atoms with van der Waals surface area (Å²) in [4.78, 5) is 28.2. The Balaban J connectivity index is 1.65. The minimum absolute atomic E-state index is 0.122. The normalized spacial score (nSPS) is 12.0. The lowest BCUT2D eigenvalue weighted by molar-refractivity contribution is -0.123. The van der Waals surface area contributed by atoms with E-state index >= 15 is 0 Å². The molecule has 1 heterocycles. The quantitative estimate of drug-likeness (QED) is 0.714. The average Bonchev–Trinajstić information content (AvgIpc) is 3.05. The van der Waals surface area contributed by atoms with Crippen LogP contribution in [0.1, 0.15) is 17.3 Å². The Kier molecular flexibility index (Phi) is 4.67. The van der Waals surface area contributed by atoms with Gasteiger partial charge >= 0.3 is 5.97 Å². The summed E-state index contributed by atoms with van der Waals surface area (Å²) in [6.45, 7) is 1.42. The van der Waals surface area contributed by atoms with Crippen LogP contribution in [0.5, 0.6) is 0 Å². The number of amides is 1. The molecule has 128 valence electrons. The maximum Gasteiger partial charge on any atom is 0.339 e. The molecule has 0 saturated heterocycles. The van der Waals surface area contributed by atoms with E-state index in [1.807, 2.05) is 0 Å². The molecule has 1 aromatic heterocycles. The lowest BCUT2D eigenvalue weighted by Gasteiger charge is -2.13. The molecule has 0 aliphatic heterocycles. The van der Waals surface area contributed by atoms with Gasteiger partial charge in [0.1, 0.15) is 11.3 Å². The molecule has 0 spiro atoms. The maximum absolute atomic E-state index is 13.1. The van der Waals surface area contributed by atoms with Gasteiger partial charge in [-0.15, -0.1) is 0 Å². The Morgan fingerprint density at radius 2 is 2.08 bits per heavy atom. The molecule has 1 atom stereocenters. The smallest absolute Gasteiger partial charge is 0.339 e. The van der Waals surface area contributed by atoms with Crippen molar-refractivity contribution < 1.29 is 23.1 Å². The number of hydrogen-bond donors (Lipinski definition) is 1. The Hall–Kier alpha value is -2.93. The van der Waals surface area contributed by atoms with E-state index in [1.165, 1.54) is 37.6 Å². The minimum Gasteiger partial charge on any atom is -0.449 e. The number of carbonyl (C=O) groups excluding carboxylic acids is 2. The largest absolute Gasteiger partial charge is 0.449 e. The van der Waals surface area contributed by atoms with E-state index in [0.717, 1.165) is 6.07 Å². The monoisotopic (exact) mass is 362 g/mol. The van der Waals surface area contributed by atoms with Crippen LogP contribution in [0.2, 0.25) is 5.02 Å². The van der Waals surface area contributed by atoms with Gasteiger partial charge in [-0.2, -0.15) is 0 Å². The van der Waals surface area contributed by atoms with Crippen molar-refractivity contribution in [3.63, 3.8) is 0 Å². The number of rotatable bonds is 4. The third-order valence-electron chi connectivity index (χ3n) is 3.41. The van der Waals surface area contributed by atoms with Gasteiger partial charge < -0.3 is 14.5 Å². The van der Waals surface area contributed by atoms with Crippen LogP contribution >= 0.6 is 11.6 Å². The first-order valence-corrected chi connectivity index (χ1v) is 7.62. The standard InChI is InChI=1S/C17H12ClFN2O4/c1-9(16(22)21-11-3-4-13(19)12(18)7-11)25-17(23)10-2-5-14-15(6-10)24-8-20-14/h2-9H,1H3,(H,21,22). The molecule has 2 aromatic carbocycles. The molecule has 0 bridgehead atoms. The number of aromatic nitrogens is 1. The number of hydrogen-bond acceptors (Lipinski definition) is 5. The van der Waals surface area contributed by atoms with Gasteiger partial charge in [0.05, 0.1) is 10.6 Å². The number of halogens is 2. The maximum atomic E-state index is 13.1. The Morgan fingerprint density at radius 3 is 2.84 bits per heavy atom. The van der Waals surface area contributed by atoms with Gasteiger partial charge in [0.25, 0.3) is 5.91 Å². The topological polar surface area (TPSA) is 81.4 Å². The van der Waals surface area contributed by atoms with Crippen LogP contribution in [0.25, 0.3) is 11.1 Å². The molecule has 0 fully saturated rings. The second kappa shape index (κ2) is 6.90. The highest BCUT2D eigenvalue weighted by Crippen LogP contribution is 2.20. The number of nitrogens with one attached hydrogen (secondary N) is 1. The van der Waals surface area contributed by atoms with E-state index in [4.69, 9.17) is 20.8 Å². The summed E-state index contributed by atoms with van der Waals surface area (Å²) in [6, 6.07) is 8.36. The molecule has 0 saturated carbocycles. The third kappa shape index (κ3) is 3.77.